The van der Waals surface area contributed by atoms with Crippen LogP contribution in [0.1, 0.15) is 13.3 Å². The summed E-state index contributed by atoms with van der Waals surface area (Å²) in [6.07, 6.45) is 1.44. The zero-order valence-corrected chi connectivity index (χ0v) is 7.78. The van der Waals surface area contributed by atoms with E-state index in [9.17, 15) is 0 Å². The molecule has 1 atom stereocenters. The van der Waals surface area contributed by atoms with E-state index in [4.69, 9.17) is 0 Å². The summed E-state index contributed by atoms with van der Waals surface area (Å²) in [6.45, 7) is 4.73. The third kappa shape index (κ3) is 2.51. The van der Waals surface area contributed by atoms with Crippen LogP contribution in [0.3, 0.4) is 0 Å². The number of nitrogens with zero attached hydrogens (tertiary/aromatic N) is 1. The van der Waals surface area contributed by atoms with Crippen LogP contribution >= 0.6 is 11.8 Å². The fourth-order valence-electron chi connectivity index (χ4n) is 1.30. The lowest BCUT2D eigenvalue weighted by Gasteiger charge is -2.17. The van der Waals surface area contributed by atoms with Gasteiger partial charge in [-0.2, -0.15) is 11.8 Å². The molecule has 0 radical (unpaired) electrons. The van der Waals surface area contributed by atoms with Gasteiger partial charge < -0.3 is 4.90 Å². The molecule has 0 aromatic carbocycles. The molecule has 1 saturated heterocycles. The molecule has 0 N–H and O–H groups in total. The minimum absolute atomic E-state index is 0.981. The second-order valence-corrected chi connectivity index (χ2v) is 4.23. The third-order valence-corrected chi connectivity index (χ3v) is 3.37. The summed E-state index contributed by atoms with van der Waals surface area (Å²) in [5.41, 5.74) is 0. The number of hydrogen-bond donors (Lipinski definition) is 0. The lowest BCUT2D eigenvalue weighted by molar-refractivity contribution is 0.303. The molecule has 0 aliphatic carbocycles. The van der Waals surface area contributed by atoms with Crippen LogP contribution in [0.2, 0.25) is 0 Å². The second kappa shape index (κ2) is 4.24. The zero-order valence-electron chi connectivity index (χ0n) is 6.97. The summed E-state index contributed by atoms with van der Waals surface area (Å²) in [4.78, 5) is 2.41. The van der Waals surface area contributed by atoms with Gasteiger partial charge >= 0.3 is 0 Å². The van der Waals surface area contributed by atoms with Crippen molar-refractivity contribution in [3.8, 4) is 0 Å². The number of hydrogen-bond acceptors (Lipinski definition) is 2. The molecule has 1 aliphatic rings. The molecular weight excluding hydrogens is 142 g/mol. The molecular formula is C8H17NS. The topological polar surface area (TPSA) is 3.24 Å². The van der Waals surface area contributed by atoms with Gasteiger partial charge in [0.15, 0.2) is 0 Å². The van der Waals surface area contributed by atoms with E-state index >= 15 is 0 Å². The van der Waals surface area contributed by atoms with Crippen molar-refractivity contribution in [2.75, 3.05) is 31.6 Å². The van der Waals surface area contributed by atoms with Gasteiger partial charge in [-0.05, 0) is 37.4 Å². The van der Waals surface area contributed by atoms with Gasteiger partial charge in [0.1, 0.15) is 0 Å². The molecule has 0 amide bonds. The quantitative estimate of drug-likeness (QED) is 0.616. The molecule has 1 unspecified atom stereocenters. The van der Waals surface area contributed by atoms with Crippen molar-refractivity contribution < 1.29 is 0 Å². The molecule has 0 spiro atoms. The molecule has 1 nitrogen and oxygen atoms in total. The fourth-order valence-corrected chi connectivity index (χ4v) is 2.57. The molecule has 0 aromatic rings. The SMILES string of the molecule is CCN(C)CC1CCSC1. The minimum atomic E-state index is 0.981. The van der Waals surface area contributed by atoms with E-state index in [0.29, 0.717) is 0 Å². The maximum atomic E-state index is 2.41. The van der Waals surface area contributed by atoms with Crippen molar-refractivity contribution in [1.82, 2.24) is 4.90 Å². The van der Waals surface area contributed by atoms with Crippen molar-refractivity contribution in [1.29, 1.82) is 0 Å². The van der Waals surface area contributed by atoms with Crippen LogP contribution in [0, 0.1) is 5.92 Å². The van der Waals surface area contributed by atoms with E-state index in [1.54, 1.807) is 0 Å². The first-order valence-corrected chi connectivity index (χ1v) is 5.24. The molecule has 1 rings (SSSR count). The second-order valence-electron chi connectivity index (χ2n) is 3.08. The smallest absolute Gasteiger partial charge is 0.00147 e. The molecule has 0 saturated carbocycles. The van der Waals surface area contributed by atoms with Crippen LogP contribution in [0.5, 0.6) is 0 Å². The zero-order chi connectivity index (χ0) is 7.40. The average Bonchev–Trinajstić information content (AvgIpc) is 2.40. The highest BCUT2D eigenvalue weighted by Crippen LogP contribution is 2.23. The Kier molecular flexibility index (Phi) is 3.57. The Balaban J connectivity index is 2.11. The highest BCUT2D eigenvalue weighted by atomic mass is 32.2. The van der Waals surface area contributed by atoms with E-state index < -0.39 is 0 Å². The van der Waals surface area contributed by atoms with E-state index in [-0.39, 0.29) is 0 Å². The Labute approximate surface area is 68.2 Å². The van der Waals surface area contributed by atoms with Gasteiger partial charge in [-0.3, -0.25) is 0 Å². The van der Waals surface area contributed by atoms with Gasteiger partial charge in [0.05, 0.1) is 0 Å². The molecule has 0 bridgehead atoms. The minimum Gasteiger partial charge on any atom is -0.306 e. The van der Waals surface area contributed by atoms with E-state index in [0.717, 1.165) is 5.92 Å². The molecule has 60 valence electrons. The van der Waals surface area contributed by atoms with E-state index in [1.807, 2.05) is 0 Å². The van der Waals surface area contributed by atoms with Crippen molar-refractivity contribution in [3.63, 3.8) is 0 Å². The van der Waals surface area contributed by atoms with Gasteiger partial charge in [-0.1, -0.05) is 6.92 Å². The summed E-state index contributed by atoms with van der Waals surface area (Å²) in [6, 6.07) is 0. The number of rotatable bonds is 3. The van der Waals surface area contributed by atoms with Gasteiger partial charge in [0.2, 0.25) is 0 Å². The summed E-state index contributed by atoms with van der Waals surface area (Å²) >= 11 is 2.11. The van der Waals surface area contributed by atoms with Crippen LogP contribution in [0.4, 0.5) is 0 Å². The Morgan fingerprint density at radius 1 is 1.60 bits per heavy atom. The Morgan fingerprint density at radius 2 is 2.40 bits per heavy atom. The summed E-state index contributed by atoms with van der Waals surface area (Å²) < 4.78 is 0. The monoisotopic (exact) mass is 159 g/mol. The van der Waals surface area contributed by atoms with Gasteiger partial charge in [-0.25, -0.2) is 0 Å². The molecule has 1 fully saturated rings. The van der Waals surface area contributed by atoms with Crippen molar-refractivity contribution in [2.45, 2.75) is 13.3 Å². The highest BCUT2D eigenvalue weighted by molar-refractivity contribution is 7.99. The summed E-state index contributed by atoms with van der Waals surface area (Å²) in [5.74, 6) is 3.77. The van der Waals surface area contributed by atoms with Crippen LogP contribution in [0.15, 0.2) is 0 Å². The van der Waals surface area contributed by atoms with Crippen molar-refractivity contribution in [2.24, 2.45) is 5.92 Å². The van der Waals surface area contributed by atoms with Gasteiger partial charge in [-0.15, -0.1) is 0 Å². The predicted molar refractivity (Wildman–Crippen MR) is 48.6 cm³/mol. The Hall–Kier alpha value is 0.310. The predicted octanol–water partition coefficient (Wildman–Crippen LogP) is 1.69. The molecule has 2 heteroatoms. The summed E-state index contributed by atoms with van der Waals surface area (Å²) in [7, 11) is 2.21. The van der Waals surface area contributed by atoms with E-state index in [2.05, 4.69) is 30.6 Å². The molecule has 10 heavy (non-hydrogen) atoms. The largest absolute Gasteiger partial charge is 0.306 e. The van der Waals surface area contributed by atoms with Gasteiger partial charge in [0, 0.05) is 6.54 Å². The summed E-state index contributed by atoms with van der Waals surface area (Å²) in [5, 5.41) is 0. The molecule has 1 heterocycles. The Bertz CT molecular complexity index is 89.3. The van der Waals surface area contributed by atoms with Crippen LogP contribution in [-0.4, -0.2) is 36.5 Å². The lowest BCUT2D eigenvalue weighted by Crippen LogP contribution is -2.25. The maximum absolute atomic E-state index is 2.41. The standard InChI is InChI=1S/C8H17NS/c1-3-9(2)6-8-4-5-10-7-8/h8H,3-7H2,1-2H3. The molecule has 1 aliphatic heterocycles. The normalized spacial score (nSPS) is 26.1. The van der Waals surface area contributed by atoms with Crippen molar-refractivity contribution >= 4 is 11.8 Å². The van der Waals surface area contributed by atoms with Crippen LogP contribution in [-0.2, 0) is 0 Å². The Morgan fingerprint density at radius 3 is 2.90 bits per heavy atom. The van der Waals surface area contributed by atoms with Crippen LogP contribution in [0.25, 0.3) is 0 Å². The first-order valence-electron chi connectivity index (χ1n) is 4.09. The van der Waals surface area contributed by atoms with Gasteiger partial charge in [0.25, 0.3) is 0 Å². The maximum Gasteiger partial charge on any atom is 0.00147 e. The third-order valence-electron chi connectivity index (χ3n) is 2.13. The van der Waals surface area contributed by atoms with Crippen molar-refractivity contribution in [3.05, 3.63) is 0 Å². The molecule has 0 aromatic heterocycles. The number of thioether (sulfide) groups is 1. The highest BCUT2D eigenvalue weighted by Gasteiger charge is 2.15. The lowest BCUT2D eigenvalue weighted by atomic mass is 10.1. The first-order chi connectivity index (χ1) is 4.83. The fraction of sp³-hybridized carbons (Fsp3) is 1.00. The average molecular weight is 159 g/mol. The van der Waals surface area contributed by atoms with Crippen LogP contribution < -0.4 is 0 Å². The first kappa shape index (κ1) is 8.41. The van der Waals surface area contributed by atoms with E-state index in [1.165, 1.54) is 31.0 Å².